The number of nitrogens with zero attached hydrogens (tertiary/aromatic N) is 3. The standard InChI is InChI=1S/C13H10BrN3O4/c1-21-13-6-10(15-7-16-13)5-12(18)8-2-9(14)4-11(3-8)17(19)20/h2-4,6-7H,5H2,1H3. The number of hydrogen-bond donors (Lipinski definition) is 0. The number of rotatable bonds is 5. The van der Waals surface area contributed by atoms with Crippen LogP contribution in [0.15, 0.2) is 35.1 Å². The van der Waals surface area contributed by atoms with Gasteiger partial charge in [-0.2, -0.15) is 0 Å². The molecule has 108 valence electrons. The second-order valence-electron chi connectivity index (χ2n) is 4.11. The quantitative estimate of drug-likeness (QED) is 0.466. The van der Waals surface area contributed by atoms with Crippen molar-refractivity contribution in [3.05, 3.63) is 56.4 Å². The molecule has 0 unspecified atom stereocenters. The summed E-state index contributed by atoms with van der Waals surface area (Å²) in [6, 6.07) is 5.66. The maximum Gasteiger partial charge on any atom is 0.271 e. The van der Waals surface area contributed by atoms with E-state index in [-0.39, 0.29) is 23.5 Å². The number of non-ortho nitro benzene ring substituents is 1. The summed E-state index contributed by atoms with van der Waals surface area (Å²) < 4.78 is 5.43. The van der Waals surface area contributed by atoms with E-state index >= 15 is 0 Å². The minimum atomic E-state index is -0.546. The van der Waals surface area contributed by atoms with Gasteiger partial charge in [-0.05, 0) is 6.07 Å². The van der Waals surface area contributed by atoms with Crippen molar-refractivity contribution in [3.8, 4) is 5.88 Å². The van der Waals surface area contributed by atoms with Gasteiger partial charge in [-0.15, -0.1) is 0 Å². The number of Topliss-reactive ketones (excluding diaryl/α,β-unsaturated/α-hetero) is 1. The number of aromatic nitrogens is 2. The molecule has 0 aliphatic heterocycles. The Bertz CT molecular complexity index is 706. The molecular weight excluding hydrogens is 342 g/mol. The average Bonchev–Trinajstić information content (AvgIpc) is 2.46. The zero-order chi connectivity index (χ0) is 15.4. The summed E-state index contributed by atoms with van der Waals surface area (Å²) in [6.07, 6.45) is 1.30. The van der Waals surface area contributed by atoms with E-state index in [1.807, 2.05) is 0 Å². The van der Waals surface area contributed by atoms with Gasteiger partial charge in [0.2, 0.25) is 5.88 Å². The van der Waals surface area contributed by atoms with E-state index < -0.39 is 4.92 Å². The smallest absolute Gasteiger partial charge is 0.271 e. The first-order chi connectivity index (χ1) is 9.99. The van der Waals surface area contributed by atoms with E-state index in [1.165, 1.54) is 31.6 Å². The first kappa shape index (κ1) is 15.0. The maximum absolute atomic E-state index is 12.2. The van der Waals surface area contributed by atoms with E-state index in [0.717, 1.165) is 0 Å². The molecule has 0 radical (unpaired) electrons. The molecule has 0 atom stereocenters. The van der Waals surface area contributed by atoms with Crippen LogP contribution >= 0.6 is 15.9 Å². The van der Waals surface area contributed by atoms with Gasteiger partial charge < -0.3 is 4.74 Å². The first-order valence-corrected chi connectivity index (χ1v) is 6.62. The number of carbonyl (C=O) groups excluding carboxylic acids is 1. The molecule has 0 fully saturated rings. The minimum absolute atomic E-state index is 0.00644. The third-order valence-corrected chi connectivity index (χ3v) is 3.12. The zero-order valence-corrected chi connectivity index (χ0v) is 12.5. The summed E-state index contributed by atoms with van der Waals surface area (Å²) in [4.78, 5) is 30.3. The Hall–Kier alpha value is -2.35. The number of ketones is 1. The fourth-order valence-electron chi connectivity index (χ4n) is 1.69. The molecule has 0 spiro atoms. The molecule has 0 saturated heterocycles. The van der Waals surface area contributed by atoms with Crippen molar-refractivity contribution in [2.24, 2.45) is 0 Å². The maximum atomic E-state index is 12.2. The highest BCUT2D eigenvalue weighted by Gasteiger charge is 2.15. The molecule has 0 bridgehead atoms. The Kier molecular flexibility index (Phi) is 4.59. The molecule has 21 heavy (non-hydrogen) atoms. The molecule has 1 aromatic carbocycles. The number of benzene rings is 1. The van der Waals surface area contributed by atoms with Gasteiger partial charge in [0, 0.05) is 28.2 Å². The largest absolute Gasteiger partial charge is 0.481 e. The SMILES string of the molecule is COc1cc(CC(=O)c2cc(Br)cc([N+](=O)[O-])c2)ncn1. The lowest BCUT2D eigenvalue weighted by molar-refractivity contribution is -0.385. The third kappa shape index (κ3) is 3.82. The van der Waals surface area contributed by atoms with Gasteiger partial charge in [0.05, 0.1) is 24.1 Å². The molecule has 2 rings (SSSR count). The first-order valence-electron chi connectivity index (χ1n) is 5.82. The van der Waals surface area contributed by atoms with Crippen molar-refractivity contribution < 1.29 is 14.5 Å². The van der Waals surface area contributed by atoms with Gasteiger partial charge in [-0.25, -0.2) is 9.97 Å². The number of methoxy groups -OCH3 is 1. The fraction of sp³-hybridized carbons (Fsp3) is 0.154. The number of nitro benzene ring substituents is 1. The Morgan fingerprint density at radius 2 is 2.10 bits per heavy atom. The third-order valence-electron chi connectivity index (χ3n) is 2.66. The summed E-state index contributed by atoms with van der Waals surface area (Å²) in [7, 11) is 1.46. The van der Waals surface area contributed by atoms with Crippen molar-refractivity contribution in [1.29, 1.82) is 0 Å². The predicted molar refractivity (Wildman–Crippen MR) is 77.4 cm³/mol. The van der Waals surface area contributed by atoms with Gasteiger partial charge >= 0.3 is 0 Å². The molecular formula is C13H10BrN3O4. The molecule has 8 heteroatoms. The monoisotopic (exact) mass is 351 g/mol. The van der Waals surface area contributed by atoms with Crippen LogP contribution in [-0.2, 0) is 6.42 Å². The van der Waals surface area contributed by atoms with Crippen LogP contribution in [0.2, 0.25) is 0 Å². The van der Waals surface area contributed by atoms with Crippen molar-refractivity contribution in [1.82, 2.24) is 9.97 Å². The lowest BCUT2D eigenvalue weighted by Gasteiger charge is -2.03. The van der Waals surface area contributed by atoms with Crippen LogP contribution in [0.1, 0.15) is 16.1 Å². The van der Waals surface area contributed by atoms with Crippen molar-refractivity contribution in [2.45, 2.75) is 6.42 Å². The Balaban J connectivity index is 2.25. The Morgan fingerprint density at radius 3 is 2.76 bits per heavy atom. The molecule has 2 aromatic rings. The van der Waals surface area contributed by atoms with Crippen molar-refractivity contribution in [2.75, 3.05) is 7.11 Å². The van der Waals surface area contributed by atoms with E-state index in [0.29, 0.717) is 16.0 Å². The topological polar surface area (TPSA) is 95.2 Å². The van der Waals surface area contributed by atoms with Crippen molar-refractivity contribution in [3.63, 3.8) is 0 Å². The van der Waals surface area contributed by atoms with Gasteiger partial charge in [-0.1, -0.05) is 15.9 Å². The van der Waals surface area contributed by atoms with Crippen LogP contribution in [0.4, 0.5) is 5.69 Å². The molecule has 1 aromatic heterocycles. The molecule has 0 aliphatic rings. The number of hydrogen-bond acceptors (Lipinski definition) is 6. The van der Waals surface area contributed by atoms with Gasteiger partial charge in [0.25, 0.3) is 5.69 Å². The van der Waals surface area contributed by atoms with Crippen LogP contribution < -0.4 is 4.74 Å². The van der Waals surface area contributed by atoms with Crippen LogP contribution in [0.3, 0.4) is 0 Å². The number of nitro groups is 1. The number of carbonyl (C=O) groups is 1. The zero-order valence-electron chi connectivity index (χ0n) is 10.9. The molecule has 0 amide bonds. The molecule has 0 N–H and O–H groups in total. The van der Waals surface area contributed by atoms with Gasteiger partial charge in [-0.3, -0.25) is 14.9 Å². The lowest BCUT2D eigenvalue weighted by Crippen LogP contribution is -2.06. The lowest BCUT2D eigenvalue weighted by atomic mass is 10.1. The predicted octanol–water partition coefficient (Wildman–Crippen LogP) is 2.58. The molecule has 7 nitrogen and oxygen atoms in total. The van der Waals surface area contributed by atoms with E-state index in [2.05, 4.69) is 25.9 Å². The van der Waals surface area contributed by atoms with Crippen LogP contribution in [0.25, 0.3) is 0 Å². The molecule has 0 saturated carbocycles. The number of ether oxygens (including phenoxy) is 1. The Labute approximate surface area is 128 Å². The number of halogens is 1. The highest BCUT2D eigenvalue weighted by Crippen LogP contribution is 2.22. The average molecular weight is 352 g/mol. The van der Waals surface area contributed by atoms with Gasteiger partial charge in [0.15, 0.2) is 5.78 Å². The molecule has 0 aliphatic carbocycles. The van der Waals surface area contributed by atoms with Crippen LogP contribution in [-0.4, -0.2) is 27.8 Å². The van der Waals surface area contributed by atoms with E-state index in [9.17, 15) is 14.9 Å². The summed E-state index contributed by atoms with van der Waals surface area (Å²) in [5, 5.41) is 10.8. The van der Waals surface area contributed by atoms with Gasteiger partial charge in [0.1, 0.15) is 6.33 Å². The van der Waals surface area contributed by atoms with Crippen molar-refractivity contribution >= 4 is 27.4 Å². The van der Waals surface area contributed by atoms with Crippen LogP contribution in [0, 0.1) is 10.1 Å². The molecule has 1 heterocycles. The summed E-state index contributed by atoms with van der Waals surface area (Å²) in [5.74, 6) is 0.0770. The second kappa shape index (κ2) is 6.40. The highest BCUT2D eigenvalue weighted by atomic mass is 79.9. The normalized spacial score (nSPS) is 10.2. The fourth-order valence-corrected chi connectivity index (χ4v) is 2.17. The van der Waals surface area contributed by atoms with E-state index in [4.69, 9.17) is 4.74 Å². The second-order valence-corrected chi connectivity index (χ2v) is 5.02. The highest BCUT2D eigenvalue weighted by molar-refractivity contribution is 9.10. The van der Waals surface area contributed by atoms with E-state index in [1.54, 1.807) is 6.07 Å². The Morgan fingerprint density at radius 1 is 1.33 bits per heavy atom. The minimum Gasteiger partial charge on any atom is -0.481 e. The summed E-state index contributed by atoms with van der Waals surface area (Å²) in [6.45, 7) is 0. The van der Waals surface area contributed by atoms with Crippen LogP contribution in [0.5, 0.6) is 5.88 Å². The summed E-state index contributed by atoms with van der Waals surface area (Å²) in [5.41, 5.74) is 0.580. The summed E-state index contributed by atoms with van der Waals surface area (Å²) >= 11 is 3.16.